The Morgan fingerprint density at radius 3 is 2.71 bits per heavy atom. The fraction of sp³-hybridized carbons (Fsp3) is 0.400. The van der Waals surface area contributed by atoms with Crippen LogP contribution in [0.5, 0.6) is 0 Å². The molecule has 0 saturated carbocycles. The minimum atomic E-state index is -1.82. The molecule has 1 aromatic heterocycles. The van der Waals surface area contributed by atoms with E-state index < -0.39 is 24.0 Å². The highest BCUT2D eigenvalue weighted by Crippen LogP contribution is 2.36. The van der Waals surface area contributed by atoms with Gasteiger partial charge in [0, 0.05) is 23.0 Å². The van der Waals surface area contributed by atoms with Crippen LogP contribution in [-0.2, 0) is 16.0 Å². The maximum Gasteiger partial charge on any atom is 0.255 e. The molecule has 0 radical (unpaired) electrons. The van der Waals surface area contributed by atoms with Gasteiger partial charge in [-0.3, -0.25) is 9.59 Å². The Hall–Kier alpha value is -1.93. The Bertz CT molecular complexity index is 814. The number of carbonyl (C=O) groups is 2. The van der Waals surface area contributed by atoms with E-state index >= 15 is 0 Å². The van der Waals surface area contributed by atoms with Crippen LogP contribution in [0.15, 0.2) is 41.8 Å². The zero-order valence-corrected chi connectivity index (χ0v) is 16.8. The standard InChI is InChI=1S/C20H23ClN2O4S/c21-15-7-2-1-6-14(15)16-8-3-11-23(16)20(27)18(25)17(24)19(26)22-10-9-13-5-4-12-28-13/h1-2,4-7,12,16-18,24-25H,3,8-11H2,(H,22,26)/t16?,17-,18-/m1/s1. The van der Waals surface area contributed by atoms with Crippen molar-refractivity contribution in [3.63, 3.8) is 0 Å². The van der Waals surface area contributed by atoms with Crippen LogP contribution in [0.4, 0.5) is 0 Å². The first kappa shape index (κ1) is 20.8. The number of nitrogens with one attached hydrogen (secondary N) is 1. The Kier molecular flexibility index (Phi) is 7.07. The fourth-order valence-electron chi connectivity index (χ4n) is 3.42. The number of benzene rings is 1. The molecule has 1 unspecified atom stereocenters. The summed E-state index contributed by atoms with van der Waals surface area (Å²) in [6.07, 6.45) is -1.53. The zero-order chi connectivity index (χ0) is 20.1. The number of hydrogen-bond donors (Lipinski definition) is 3. The Morgan fingerprint density at radius 2 is 2.00 bits per heavy atom. The number of likely N-dealkylation sites (tertiary alicyclic amines) is 1. The van der Waals surface area contributed by atoms with Gasteiger partial charge < -0.3 is 20.4 Å². The largest absolute Gasteiger partial charge is 0.380 e. The lowest BCUT2D eigenvalue weighted by atomic mass is 10.0. The number of halogens is 1. The summed E-state index contributed by atoms with van der Waals surface area (Å²) < 4.78 is 0. The van der Waals surface area contributed by atoms with E-state index in [9.17, 15) is 19.8 Å². The molecule has 2 heterocycles. The lowest BCUT2D eigenvalue weighted by molar-refractivity contribution is -0.153. The summed E-state index contributed by atoms with van der Waals surface area (Å²) >= 11 is 7.83. The summed E-state index contributed by atoms with van der Waals surface area (Å²) in [7, 11) is 0. The molecule has 28 heavy (non-hydrogen) atoms. The third kappa shape index (κ3) is 4.72. The third-order valence-corrected chi connectivity index (χ3v) is 6.15. The first-order valence-corrected chi connectivity index (χ1v) is 10.5. The van der Waals surface area contributed by atoms with E-state index in [1.165, 1.54) is 4.90 Å². The molecule has 1 aliphatic rings. The molecule has 1 aromatic carbocycles. The highest BCUT2D eigenvalue weighted by molar-refractivity contribution is 7.09. The second-order valence-electron chi connectivity index (χ2n) is 6.72. The van der Waals surface area contributed by atoms with Gasteiger partial charge >= 0.3 is 0 Å². The molecular formula is C20H23ClN2O4S. The smallest absolute Gasteiger partial charge is 0.255 e. The Labute approximate surface area is 172 Å². The third-order valence-electron chi connectivity index (χ3n) is 4.87. The van der Waals surface area contributed by atoms with Crippen molar-refractivity contribution in [1.29, 1.82) is 0 Å². The van der Waals surface area contributed by atoms with Crippen molar-refractivity contribution in [3.8, 4) is 0 Å². The van der Waals surface area contributed by atoms with Gasteiger partial charge in [-0.1, -0.05) is 35.9 Å². The highest BCUT2D eigenvalue weighted by Gasteiger charge is 2.38. The molecule has 2 amide bonds. The molecule has 8 heteroatoms. The Balaban J connectivity index is 1.59. The van der Waals surface area contributed by atoms with Gasteiger partial charge in [-0.25, -0.2) is 0 Å². The van der Waals surface area contributed by atoms with Crippen molar-refractivity contribution < 1.29 is 19.8 Å². The number of aliphatic hydroxyl groups is 2. The van der Waals surface area contributed by atoms with Crippen LogP contribution in [0.1, 0.15) is 29.3 Å². The summed E-state index contributed by atoms with van der Waals surface area (Å²) in [6.45, 7) is 0.766. The van der Waals surface area contributed by atoms with Crippen LogP contribution < -0.4 is 5.32 Å². The number of aliphatic hydroxyl groups excluding tert-OH is 2. The second-order valence-corrected chi connectivity index (χ2v) is 8.16. The normalized spacial score (nSPS) is 18.7. The van der Waals surface area contributed by atoms with Gasteiger partial charge in [0.2, 0.25) is 0 Å². The summed E-state index contributed by atoms with van der Waals surface area (Å²) in [5, 5.41) is 25.5. The van der Waals surface area contributed by atoms with Crippen molar-refractivity contribution in [2.45, 2.75) is 37.5 Å². The SMILES string of the molecule is O=C(NCCc1cccs1)[C@H](O)[C@@H](O)C(=O)N1CCCC1c1ccccc1Cl. The quantitative estimate of drug-likeness (QED) is 0.637. The monoisotopic (exact) mass is 422 g/mol. The van der Waals surface area contributed by atoms with Crippen LogP contribution in [0.2, 0.25) is 5.02 Å². The van der Waals surface area contributed by atoms with E-state index in [2.05, 4.69) is 5.32 Å². The molecule has 0 aliphatic carbocycles. The number of hydrogen-bond acceptors (Lipinski definition) is 5. The number of carbonyl (C=O) groups excluding carboxylic acids is 2. The lowest BCUT2D eigenvalue weighted by Gasteiger charge is -2.29. The zero-order valence-electron chi connectivity index (χ0n) is 15.3. The van der Waals surface area contributed by atoms with Crippen molar-refractivity contribution in [2.24, 2.45) is 0 Å². The minimum absolute atomic E-state index is 0.273. The average Bonchev–Trinajstić information content (AvgIpc) is 3.38. The van der Waals surface area contributed by atoms with E-state index in [4.69, 9.17) is 11.6 Å². The molecule has 2 aromatic rings. The highest BCUT2D eigenvalue weighted by atomic mass is 35.5. The molecular weight excluding hydrogens is 400 g/mol. The van der Waals surface area contributed by atoms with Gasteiger partial charge in [-0.05, 0) is 42.3 Å². The van der Waals surface area contributed by atoms with E-state index in [0.29, 0.717) is 31.0 Å². The first-order valence-electron chi connectivity index (χ1n) is 9.20. The molecule has 3 atom stereocenters. The molecule has 0 bridgehead atoms. The molecule has 6 nitrogen and oxygen atoms in total. The average molecular weight is 423 g/mol. The maximum atomic E-state index is 12.7. The second kappa shape index (κ2) is 9.52. The number of rotatable bonds is 7. The molecule has 1 fully saturated rings. The molecule has 1 saturated heterocycles. The van der Waals surface area contributed by atoms with E-state index in [1.54, 1.807) is 17.4 Å². The minimum Gasteiger partial charge on any atom is -0.380 e. The van der Waals surface area contributed by atoms with Crippen LogP contribution in [-0.4, -0.2) is 52.2 Å². The molecule has 0 spiro atoms. The molecule has 1 aliphatic heterocycles. The van der Waals surface area contributed by atoms with Gasteiger partial charge in [0.15, 0.2) is 12.2 Å². The van der Waals surface area contributed by atoms with Gasteiger partial charge in [-0.15, -0.1) is 11.3 Å². The predicted molar refractivity (Wildman–Crippen MR) is 108 cm³/mol. The van der Waals surface area contributed by atoms with Crippen LogP contribution in [0, 0.1) is 0 Å². The molecule has 3 N–H and O–H groups in total. The van der Waals surface area contributed by atoms with Gasteiger partial charge in [0.05, 0.1) is 6.04 Å². The van der Waals surface area contributed by atoms with Gasteiger partial charge in [0.25, 0.3) is 11.8 Å². The van der Waals surface area contributed by atoms with E-state index in [1.807, 2.05) is 35.7 Å². The topological polar surface area (TPSA) is 89.9 Å². The van der Waals surface area contributed by atoms with Gasteiger partial charge in [0.1, 0.15) is 0 Å². The number of amides is 2. The molecule has 3 rings (SSSR count). The van der Waals surface area contributed by atoms with E-state index in [0.717, 1.165) is 16.9 Å². The van der Waals surface area contributed by atoms with Crippen LogP contribution in [0.25, 0.3) is 0 Å². The summed E-state index contributed by atoms with van der Waals surface area (Å²) in [4.78, 5) is 27.5. The van der Waals surface area contributed by atoms with E-state index in [-0.39, 0.29) is 6.04 Å². The molecule has 150 valence electrons. The Morgan fingerprint density at radius 1 is 1.21 bits per heavy atom. The summed E-state index contributed by atoms with van der Waals surface area (Å²) in [5.74, 6) is -1.42. The maximum absolute atomic E-state index is 12.7. The predicted octanol–water partition coefficient (Wildman–Crippen LogP) is 2.15. The number of thiophene rings is 1. The van der Waals surface area contributed by atoms with Gasteiger partial charge in [-0.2, -0.15) is 0 Å². The fourth-order valence-corrected chi connectivity index (χ4v) is 4.39. The summed E-state index contributed by atoms with van der Waals surface area (Å²) in [6, 6.07) is 10.9. The van der Waals surface area contributed by atoms with Crippen molar-refractivity contribution in [2.75, 3.05) is 13.1 Å². The first-order chi connectivity index (χ1) is 13.5. The van der Waals surface area contributed by atoms with Crippen LogP contribution >= 0.6 is 22.9 Å². The van der Waals surface area contributed by atoms with Crippen LogP contribution in [0.3, 0.4) is 0 Å². The van der Waals surface area contributed by atoms with Crippen molar-refractivity contribution >= 4 is 34.8 Å². The van der Waals surface area contributed by atoms with Crippen molar-refractivity contribution in [1.82, 2.24) is 10.2 Å². The number of nitrogens with zero attached hydrogens (tertiary/aromatic N) is 1. The lowest BCUT2D eigenvalue weighted by Crippen LogP contribution is -2.50. The van der Waals surface area contributed by atoms with Crippen molar-refractivity contribution in [3.05, 3.63) is 57.2 Å². The summed E-state index contributed by atoms with van der Waals surface area (Å²) in [5.41, 5.74) is 0.803.